The third-order valence-electron chi connectivity index (χ3n) is 2.69. The molecule has 1 N–H and O–H groups in total. The van der Waals surface area contributed by atoms with E-state index in [1.165, 1.54) is 24.3 Å². The maximum absolute atomic E-state index is 13.0. The van der Waals surface area contributed by atoms with Gasteiger partial charge >= 0.3 is 0 Å². The molecule has 0 heterocycles. The highest BCUT2D eigenvalue weighted by Crippen LogP contribution is 2.27. The lowest BCUT2D eigenvalue weighted by Gasteiger charge is -2.08. The Hall–Kier alpha value is -2.38. The Morgan fingerprint density at radius 2 is 1.96 bits per heavy atom. The number of benzene rings is 2. The molecule has 9 heteroatoms. The van der Waals surface area contributed by atoms with Crippen molar-refractivity contribution >= 4 is 40.5 Å². The summed E-state index contributed by atoms with van der Waals surface area (Å²) in [5.41, 5.74) is -0.123. The third-order valence-corrected chi connectivity index (χ3v) is 3.30. The number of anilines is 1. The molecule has 0 radical (unpaired) electrons. The molecular formula is C14H9Cl2FN2O4. The van der Waals surface area contributed by atoms with E-state index in [-0.39, 0.29) is 33.8 Å². The Morgan fingerprint density at radius 1 is 1.22 bits per heavy atom. The highest BCUT2D eigenvalue weighted by Gasteiger charge is 2.14. The Balaban J connectivity index is 1.98. The van der Waals surface area contributed by atoms with Crippen LogP contribution in [-0.2, 0) is 4.79 Å². The van der Waals surface area contributed by atoms with Crippen LogP contribution in [0.25, 0.3) is 0 Å². The van der Waals surface area contributed by atoms with Crippen LogP contribution in [0.1, 0.15) is 0 Å². The SMILES string of the molecule is O=C(COc1ccc(F)c(Cl)c1)Nc1ccc(Cl)c([N+](=O)[O-])c1. The lowest BCUT2D eigenvalue weighted by atomic mass is 10.3. The minimum atomic E-state index is -0.658. The molecule has 0 aliphatic heterocycles. The molecule has 0 fully saturated rings. The van der Waals surface area contributed by atoms with Crippen molar-refractivity contribution in [3.8, 4) is 5.75 Å². The zero-order valence-electron chi connectivity index (χ0n) is 11.4. The van der Waals surface area contributed by atoms with Crippen molar-refractivity contribution in [3.63, 3.8) is 0 Å². The summed E-state index contributed by atoms with van der Waals surface area (Å²) in [5.74, 6) is -0.937. The molecule has 2 rings (SSSR count). The van der Waals surface area contributed by atoms with Gasteiger partial charge in [0.05, 0.1) is 9.95 Å². The van der Waals surface area contributed by atoms with Crippen LogP contribution in [-0.4, -0.2) is 17.4 Å². The van der Waals surface area contributed by atoms with Gasteiger partial charge in [0.2, 0.25) is 0 Å². The molecule has 120 valence electrons. The van der Waals surface area contributed by atoms with Gasteiger partial charge in [-0.25, -0.2) is 4.39 Å². The molecule has 0 aliphatic rings. The Labute approximate surface area is 139 Å². The van der Waals surface area contributed by atoms with Crippen LogP contribution < -0.4 is 10.1 Å². The summed E-state index contributed by atoms with van der Waals surface area (Å²) in [6.45, 7) is -0.377. The number of nitro groups is 1. The van der Waals surface area contributed by atoms with Gasteiger partial charge in [0.25, 0.3) is 11.6 Å². The van der Waals surface area contributed by atoms with E-state index in [0.29, 0.717) is 0 Å². The number of hydrogen-bond acceptors (Lipinski definition) is 4. The molecule has 23 heavy (non-hydrogen) atoms. The first-order valence-electron chi connectivity index (χ1n) is 6.18. The summed E-state index contributed by atoms with van der Waals surface area (Å²) in [4.78, 5) is 21.9. The predicted octanol–water partition coefficient (Wildman–Crippen LogP) is 4.06. The van der Waals surface area contributed by atoms with Crippen LogP contribution in [0.5, 0.6) is 5.75 Å². The highest BCUT2D eigenvalue weighted by molar-refractivity contribution is 6.32. The van der Waals surface area contributed by atoms with Crippen molar-refractivity contribution in [1.29, 1.82) is 0 Å². The maximum atomic E-state index is 13.0. The molecule has 0 unspecified atom stereocenters. The fraction of sp³-hybridized carbons (Fsp3) is 0.0714. The first-order valence-corrected chi connectivity index (χ1v) is 6.94. The molecule has 2 aromatic carbocycles. The van der Waals surface area contributed by atoms with Gasteiger partial charge in [-0.2, -0.15) is 0 Å². The first-order chi connectivity index (χ1) is 10.9. The van der Waals surface area contributed by atoms with Gasteiger partial charge in [-0.05, 0) is 24.3 Å². The van der Waals surface area contributed by atoms with Crippen molar-refractivity contribution < 1.29 is 18.8 Å². The summed E-state index contributed by atoms with van der Waals surface area (Å²) in [6, 6.07) is 7.52. The molecule has 0 bridgehead atoms. The van der Waals surface area contributed by atoms with E-state index >= 15 is 0 Å². The fourth-order valence-electron chi connectivity index (χ4n) is 1.64. The standard InChI is InChI=1S/C14H9Cl2FN2O4/c15-10-3-1-8(5-13(10)19(21)22)18-14(20)7-23-9-2-4-12(17)11(16)6-9/h1-6H,7H2,(H,18,20). The Morgan fingerprint density at radius 3 is 2.61 bits per heavy atom. The van der Waals surface area contributed by atoms with E-state index < -0.39 is 16.6 Å². The molecular weight excluding hydrogens is 350 g/mol. The van der Waals surface area contributed by atoms with E-state index in [1.54, 1.807) is 0 Å². The monoisotopic (exact) mass is 358 g/mol. The lowest BCUT2D eigenvalue weighted by molar-refractivity contribution is -0.384. The average molecular weight is 359 g/mol. The fourth-order valence-corrected chi connectivity index (χ4v) is 2.00. The molecule has 2 aromatic rings. The molecule has 0 saturated heterocycles. The number of nitrogens with zero attached hydrogens (tertiary/aromatic N) is 1. The molecule has 0 saturated carbocycles. The number of carbonyl (C=O) groups is 1. The number of carbonyl (C=O) groups excluding carboxylic acids is 1. The Kier molecular flexibility index (Phi) is 5.36. The topological polar surface area (TPSA) is 81.5 Å². The van der Waals surface area contributed by atoms with Crippen LogP contribution in [0.4, 0.5) is 15.8 Å². The van der Waals surface area contributed by atoms with Crippen molar-refractivity contribution in [3.05, 3.63) is 62.4 Å². The number of amides is 1. The van der Waals surface area contributed by atoms with E-state index in [2.05, 4.69) is 5.32 Å². The minimum Gasteiger partial charge on any atom is -0.484 e. The van der Waals surface area contributed by atoms with E-state index in [9.17, 15) is 19.3 Å². The van der Waals surface area contributed by atoms with Crippen molar-refractivity contribution in [2.24, 2.45) is 0 Å². The number of halogens is 3. The normalized spacial score (nSPS) is 10.2. The van der Waals surface area contributed by atoms with Gasteiger partial charge in [-0.3, -0.25) is 14.9 Å². The second kappa shape index (κ2) is 7.26. The van der Waals surface area contributed by atoms with Gasteiger partial charge in [0.1, 0.15) is 16.6 Å². The van der Waals surface area contributed by atoms with Crippen molar-refractivity contribution in [2.75, 3.05) is 11.9 Å². The zero-order chi connectivity index (χ0) is 17.0. The highest BCUT2D eigenvalue weighted by atomic mass is 35.5. The average Bonchev–Trinajstić information content (AvgIpc) is 2.50. The second-order valence-electron chi connectivity index (χ2n) is 4.34. The summed E-state index contributed by atoms with van der Waals surface area (Å²) in [5, 5.41) is 13.0. The lowest BCUT2D eigenvalue weighted by Crippen LogP contribution is -2.20. The van der Waals surface area contributed by atoms with E-state index in [4.69, 9.17) is 27.9 Å². The Bertz CT molecular complexity index is 770. The predicted molar refractivity (Wildman–Crippen MR) is 83.6 cm³/mol. The van der Waals surface area contributed by atoms with Gasteiger partial charge < -0.3 is 10.1 Å². The number of nitrogens with one attached hydrogen (secondary N) is 1. The number of rotatable bonds is 5. The van der Waals surface area contributed by atoms with E-state index in [1.807, 2.05) is 0 Å². The largest absolute Gasteiger partial charge is 0.484 e. The van der Waals surface area contributed by atoms with Crippen molar-refractivity contribution in [1.82, 2.24) is 0 Å². The van der Waals surface area contributed by atoms with Gasteiger partial charge in [-0.1, -0.05) is 23.2 Å². The summed E-state index contributed by atoms with van der Waals surface area (Å²) in [7, 11) is 0. The second-order valence-corrected chi connectivity index (χ2v) is 5.15. The zero-order valence-corrected chi connectivity index (χ0v) is 12.9. The van der Waals surface area contributed by atoms with E-state index in [0.717, 1.165) is 12.1 Å². The molecule has 1 amide bonds. The van der Waals surface area contributed by atoms with Gasteiger partial charge in [0, 0.05) is 17.8 Å². The minimum absolute atomic E-state index is 0.0368. The number of nitro benzene ring substituents is 1. The van der Waals surface area contributed by atoms with Gasteiger partial charge in [-0.15, -0.1) is 0 Å². The summed E-state index contributed by atoms with van der Waals surface area (Å²) < 4.78 is 18.1. The molecule has 0 atom stereocenters. The van der Waals surface area contributed by atoms with Crippen LogP contribution in [0.3, 0.4) is 0 Å². The van der Waals surface area contributed by atoms with Crippen LogP contribution >= 0.6 is 23.2 Å². The molecule has 6 nitrogen and oxygen atoms in total. The summed E-state index contributed by atoms with van der Waals surface area (Å²) >= 11 is 11.3. The van der Waals surface area contributed by atoms with Gasteiger partial charge in [0.15, 0.2) is 6.61 Å². The molecule has 0 aromatic heterocycles. The third kappa shape index (κ3) is 4.54. The number of hydrogen-bond donors (Lipinski definition) is 1. The number of ether oxygens (including phenoxy) is 1. The summed E-state index contributed by atoms with van der Waals surface area (Å²) in [6.07, 6.45) is 0. The molecule has 0 spiro atoms. The smallest absolute Gasteiger partial charge is 0.289 e. The van der Waals surface area contributed by atoms with Crippen LogP contribution in [0.15, 0.2) is 36.4 Å². The first kappa shape index (κ1) is 17.0. The molecule has 0 aliphatic carbocycles. The van der Waals surface area contributed by atoms with Crippen LogP contribution in [0, 0.1) is 15.9 Å². The van der Waals surface area contributed by atoms with Crippen molar-refractivity contribution in [2.45, 2.75) is 0 Å². The quantitative estimate of drug-likeness (QED) is 0.645. The van der Waals surface area contributed by atoms with Crippen LogP contribution in [0.2, 0.25) is 10.0 Å². The maximum Gasteiger partial charge on any atom is 0.289 e.